The average molecular weight is 1730 g/mol. The molecule has 0 spiro atoms. The molecule has 1 unspecified atom stereocenters. The fourth-order valence-electron chi connectivity index (χ4n) is 12.5. The van der Waals surface area contributed by atoms with E-state index in [4.69, 9.17) is 25.7 Å². The van der Waals surface area contributed by atoms with E-state index in [1.54, 1.807) is 57.2 Å². The number of aliphatic carboxylic acids is 3. The molecule has 0 aliphatic carbocycles. The lowest BCUT2D eigenvalue weighted by Crippen LogP contribution is -2.59. The van der Waals surface area contributed by atoms with E-state index in [1.807, 2.05) is 46.6 Å². The summed E-state index contributed by atoms with van der Waals surface area (Å²) in [4.78, 5) is 190. The molecule has 41 heteroatoms. The number of phenolic OH excluding ortho intramolecular Hbond substituents is 1. The molecule has 119 heavy (non-hydrogen) atoms. The fourth-order valence-corrected chi connectivity index (χ4v) is 15.4. The number of piperidine rings is 1. The van der Waals surface area contributed by atoms with E-state index in [-0.39, 0.29) is 129 Å². The van der Waals surface area contributed by atoms with Crippen molar-refractivity contribution in [2.75, 3.05) is 51.5 Å². The Labute approximate surface area is 705 Å². The number of carbonyl (C=O) groups is 14. The number of hydrazine groups is 1. The number of rotatable bonds is 53. The van der Waals surface area contributed by atoms with Gasteiger partial charge in [0, 0.05) is 85.9 Å². The fraction of sp³-hybridized carbons (Fsp3) is 0.615. The molecule has 3 aromatic rings. The van der Waals surface area contributed by atoms with Gasteiger partial charge in [0.25, 0.3) is 5.91 Å². The van der Waals surface area contributed by atoms with E-state index < -0.39 is 157 Å². The molecule has 0 radical (unpaired) electrons. The number of thiazole rings is 1. The number of amides is 12. The molecule has 1 saturated heterocycles. The zero-order valence-corrected chi connectivity index (χ0v) is 71.4. The van der Waals surface area contributed by atoms with Crippen molar-refractivity contribution in [3.63, 3.8) is 0 Å². The van der Waals surface area contributed by atoms with Crippen LogP contribution in [0.5, 0.6) is 5.75 Å². The number of likely N-dealkylation sites (N-methyl/N-ethyl adjacent to an activating group) is 1. The highest BCUT2D eigenvalue weighted by molar-refractivity contribution is 8.76. The van der Waals surface area contributed by atoms with Gasteiger partial charge in [-0.2, -0.15) is 0 Å². The summed E-state index contributed by atoms with van der Waals surface area (Å²) < 4.78 is 10.9. The molecule has 2 aromatic carbocycles. The molecule has 4 rings (SSSR count). The molecule has 662 valence electrons. The number of aliphatic hydroxyl groups is 1. The first kappa shape index (κ1) is 101. The molecule has 1 aromatic heterocycles. The zero-order valence-electron chi connectivity index (χ0n) is 69.0. The van der Waals surface area contributed by atoms with E-state index >= 15 is 0 Å². The van der Waals surface area contributed by atoms with Crippen LogP contribution < -0.4 is 69.8 Å². The van der Waals surface area contributed by atoms with Gasteiger partial charge < -0.3 is 98.8 Å². The summed E-state index contributed by atoms with van der Waals surface area (Å²) in [5.74, 6) is -10.0. The minimum Gasteiger partial charge on any atom is -0.508 e. The number of nitrogens with zero attached hydrogens (tertiary/aromatic N) is 3. The van der Waals surface area contributed by atoms with Crippen LogP contribution in [0, 0.1) is 23.2 Å². The lowest BCUT2D eigenvalue weighted by Gasteiger charge is -2.39. The number of guanidine groups is 1. The van der Waals surface area contributed by atoms with Crippen LogP contribution in [0.15, 0.2) is 53.9 Å². The Morgan fingerprint density at radius 3 is 2.02 bits per heavy atom. The number of benzene rings is 2. The topological polar surface area (TPSA) is 572 Å². The number of carbonyl (C=O) groups excluding carboxylic acids is 11. The SMILES string of the molecule is CCCC(=O)OCN(C(=O)[C@@H](NC(=O)[C@H]1CCCCN1C)C(C)CC)[C@H](C[C@@H](O)c1nc(C(=O)N[C@@H](Cc2ccc(O)cc2)C[C@H](C)C(=O)NNC(=O)OCCSSC[C@@H](C)NC(=O)[C@H](CC(=O)O)NC(=O)[C@H](CCCNC(=N)N)NC(=O)Cc2ccc(CNC(=O)NCCCC[C@@H](C)NC(=O)N[C@@H](CCC(=O)O)C(=O)O)cc2)cs1)C(C)C. The molecule has 1 aliphatic rings. The van der Waals surface area contributed by atoms with Crippen LogP contribution in [0.2, 0.25) is 0 Å². The third-order valence-corrected chi connectivity index (χ3v) is 22.9. The van der Waals surface area contributed by atoms with E-state index in [0.717, 1.165) is 30.7 Å². The highest BCUT2D eigenvalue weighted by Crippen LogP contribution is 2.30. The number of aliphatic hydroxyl groups excluding tert-OH is 1. The number of esters is 1. The number of nitrogens with two attached hydrogens (primary N) is 1. The maximum absolute atomic E-state index is 14.8. The minimum absolute atomic E-state index is 0.00663. The molecular weight excluding hydrogens is 1610 g/mol. The summed E-state index contributed by atoms with van der Waals surface area (Å²) in [5.41, 5.74) is 11.9. The van der Waals surface area contributed by atoms with Crippen LogP contribution in [0.3, 0.4) is 0 Å². The molecule has 0 saturated carbocycles. The third kappa shape index (κ3) is 39.5. The summed E-state index contributed by atoms with van der Waals surface area (Å²) in [5, 5.41) is 85.7. The van der Waals surface area contributed by atoms with Gasteiger partial charge in [-0.25, -0.2) is 29.6 Å². The number of likely N-dealkylation sites (tertiary alicyclic amines) is 1. The van der Waals surface area contributed by atoms with Crippen molar-refractivity contribution >= 4 is 122 Å². The van der Waals surface area contributed by atoms with Crippen molar-refractivity contribution in [1.82, 2.24) is 78.8 Å². The summed E-state index contributed by atoms with van der Waals surface area (Å²) in [7, 11) is 4.43. The quantitative estimate of drug-likeness (QED) is 0.00709. The second-order valence-electron chi connectivity index (χ2n) is 29.8. The average Bonchev–Trinajstić information content (AvgIpc) is 1.69. The Morgan fingerprint density at radius 2 is 1.37 bits per heavy atom. The van der Waals surface area contributed by atoms with Crippen LogP contribution in [-0.2, 0) is 76.8 Å². The Kier molecular flexibility index (Phi) is 45.9. The number of carboxylic acids is 3. The predicted octanol–water partition coefficient (Wildman–Crippen LogP) is 4.38. The Bertz CT molecular complexity index is 3810. The molecular formula is C78H121N17O21S3. The predicted molar refractivity (Wildman–Crippen MR) is 446 cm³/mol. The van der Waals surface area contributed by atoms with Gasteiger partial charge in [0.2, 0.25) is 35.4 Å². The Hall–Kier alpha value is -10.3. The summed E-state index contributed by atoms with van der Waals surface area (Å²) in [6.07, 6.45) is 1.62. The Balaban J connectivity index is 1.25. The highest BCUT2D eigenvalue weighted by Gasteiger charge is 2.40. The number of urea groups is 2. The van der Waals surface area contributed by atoms with Crippen molar-refractivity contribution < 1.29 is 102 Å². The van der Waals surface area contributed by atoms with E-state index in [0.29, 0.717) is 61.8 Å². The van der Waals surface area contributed by atoms with Gasteiger partial charge in [-0.3, -0.25) is 63.7 Å². The van der Waals surface area contributed by atoms with Crippen LogP contribution in [0.4, 0.5) is 14.4 Å². The smallest absolute Gasteiger partial charge is 0.426 e. The largest absolute Gasteiger partial charge is 0.508 e. The number of hydrogen-bond acceptors (Lipinski definition) is 24. The molecule has 1 fully saturated rings. The number of hydrogen-bond donors (Lipinski definition) is 19. The maximum Gasteiger partial charge on any atom is 0.426 e. The molecule has 12 amide bonds. The van der Waals surface area contributed by atoms with Crippen molar-refractivity contribution in [2.24, 2.45) is 23.5 Å². The van der Waals surface area contributed by atoms with E-state index in [2.05, 4.69) is 69.0 Å². The first-order valence-corrected chi connectivity index (χ1v) is 43.3. The number of aromatic hydroxyl groups is 1. The van der Waals surface area contributed by atoms with Gasteiger partial charge in [-0.05, 0) is 139 Å². The normalized spacial score (nSPS) is 15.4. The summed E-state index contributed by atoms with van der Waals surface area (Å²) in [6.45, 7) is 15.0. The van der Waals surface area contributed by atoms with E-state index in [1.165, 1.54) is 44.0 Å². The van der Waals surface area contributed by atoms with Gasteiger partial charge in [0.1, 0.15) is 53.3 Å². The van der Waals surface area contributed by atoms with Gasteiger partial charge >= 0.3 is 42.0 Å². The molecule has 20 N–H and O–H groups in total. The third-order valence-electron chi connectivity index (χ3n) is 19.4. The number of aromatic nitrogens is 1. The van der Waals surface area contributed by atoms with Crippen LogP contribution in [0.1, 0.15) is 196 Å². The van der Waals surface area contributed by atoms with Crippen molar-refractivity contribution in [3.8, 4) is 5.75 Å². The molecule has 0 bridgehead atoms. The molecule has 1 aliphatic heterocycles. The molecule has 38 nitrogen and oxygen atoms in total. The number of unbranched alkanes of at least 4 members (excludes halogenated alkanes) is 1. The monoisotopic (exact) mass is 1730 g/mol. The summed E-state index contributed by atoms with van der Waals surface area (Å²) >= 11 is 1.02. The van der Waals surface area contributed by atoms with Gasteiger partial charge in [-0.1, -0.05) is 112 Å². The number of nitrogens with one attached hydrogen (secondary N) is 13. The number of carboxylic acid groups (broad SMARTS) is 3. The van der Waals surface area contributed by atoms with Gasteiger partial charge in [0.15, 0.2) is 12.7 Å². The second-order valence-corrected chi connectivity index (χ2v) is 33.4. The lowest BCUT2D eigenvalue weighted by molar-refractivity contribution is -0.159. The highest BCUT2D eigenvalue weighted by atomic mass is 33.1. The minimum atomic E-state index is -1.58. The van der Waals surface area contributed by atoms with Crippen molar-refractivity contribution in [2.45, 2.75) is 238 Å². The standard InChI is InChI=1S/C78H121N17O21S3/c1-10-17-65(103)116-44-95(73(109)66(46(5)11-2)91-71(108)59-20-13-15-33-94(59)9)60(45(3)4)40-61(97)72-89-58(43-117-72)70(107)86-53(37-50-25-27-54(96)28-26-50)36-47(6)67(104)92-93-78(114)115-34-35-118-119-42-49(8)84-69(106)57(39-64(101)102)88-68(105)55(19-16-32-81-75(79)80)87-62(98)38-51-21-23-52(24-22-51)41-83-76(112)82-31-14-12-18-48(7)85-77(113)90-56(74(110)111)29-30-63(99)100/h21-28,43,45-49,53,55-57,59-61,66,96-97H,10-20,29-42,44H2,1-9H3,(H,84,106)(H,86,107)(H,87,98)(H,88,105)(H,91,108)(H,92,104)(H,93,114)(H,99,100)(H,101,102)(H,110,111)(H4,79,80,81)(H2,82,83,112)(H2,85,90,113)/t46?,47-,48+,49+,53+,55-,56-,57-,59+,60+,61+,66-/m0/s1. The zero-order chi connectivity index (χ0) is 88.3. The molecule has 12 atom stereocenters. The molecule has 2 heterocycles. The first-order valence-electron chi connectivity index (χ1n) is 39.9. The number of phenols is 1. The van der Waals surface area contributed by atoms with E-state index in [9.17, 15) is 87.5 Å². The van der Waals surface area contributed by atoms with Crippen LogP contribution in [0.25, 0.3) is 0 Å². The van der Waals surface area contributed by atoms with Crippen molar-refractivity contribution in [1.29, 1.82) is 5.41 Å². The Morgan fingerprint density at radius 1 is 0.689 bits per heavy atom. The maximum atomic E-state index is 14.8. The van der Waals surface area contributed by atoms with Gasteiger partial charge in [0.05, 0.1) is 18.9 Å². The van der Waals surface area contributed by atoms with Crippen molar-refractivity contribution in [3.05, 3.63) is 81.3 Å². The lowest BCUT2D eigenvalue weighted by atomic mass is 9.92. The first-order chi connectivity index (χ1) is 56.5. The second kappa shape index (κ2) is 54.0. The number of ether oxygens (including phenoxy) is 2. The summed E-state index contributed by atoms with van der Waals surface area (Å²) in [6, 6.07) is 3.75. The van der Waals surface area contributed by atoms with Crippen LogP contribution >= 0.6 is 32.9 Å². The van der Waals surface area contributed by atoms with Gasteiger partial charge in [-0.15, -0.1) is 11.3 Å². The van der Waals surface area contributed by atoms with Crippen LogP contribution in [-0.4, -0.2) is 236 Å².